The van der Waals surface area contributed by atoms with E-state index in [4.69, 9.17) is 16.3 Å². The Hall–Kier alpha value is -2.26. The minimum Gasteiger partial charge on any atom is -0.462 e. The fourth-order valence-electron chi connectivity index (χ4n) is 4.05. The molecule has 0 unspecified atom stereocenters. The summed E-state index contributed by atoms with van der Waals surface area (Å²) >= 11 is 6.06. The summed E-state index contributed by atoms with van der Waals surface area (Å²) in [6, 6.07) is 14.2. The van der Waals surface area contributed by atoms with Crippen LogP contribution in [0.1, 0.15) is 53.7 Å². The Balaban J connectivity index is 1.63. The zero-order valence-corrected chi connectivity index (χ0v) is 16.4. The molecule has 0 spiro atoms. The molecule has 2 aromatic rings. The van der Waals surface area contributed by atoms with Gasteiger partial charge in [0.1, 0.15) is 0 Å². The molecular weight excluding hydrogens is 358 g/mol. The summed E-state index contributed by atoms with van der Waals surface area (Å²) < 4.78 is 5.40. The highest BCUT2D eigenvalue weighted by Crippen LogP contribution is 2.50. The van der Waals surface area contributed by atoms with Crippen molar-refractivity contribution in [1.82, 2.24) is 0 Å². The van der Waals surface area contributed by atoms with Crippen molar-refractivity contribution in [1.29, 1.82) is 0 Å². The molecule has 0 bridgehead atoms. The lowest BCUT2D eigenvalue weighted by Crippen LogP contribution is -2.29. The number of rotatable bonds is 4. The lowest BCUT2D eigenvalue weighted by Gasteiger charge is -2.37. The molecule has 27 heavy (non-hydrogen) atoms. The van der Waals surface area contributed by atoms with Crippen molar-refractivity contribution in [3.05, 3.63) is 76.3 Å². The molecule has 4 rings (SSSR count). The van der Waals surface area contributed by atoms with Crippen molar-refractivity contribution in [2.45, 2.75) is 32.2 Å². The van der Waals surface area contributed by atoms with Gasteiger partial charge in [-0.3, -0.25) is 0 Å². The molecule has 0 fully saturated rings. The lowest BCUT2D eigenvalue weighted by atomic mass is 9.76. The zero-order valence-electron chi connectivity index (χ0n) is 15.6. The molecule has 1 N–H and O–H groups in total. The van der Waals surface area contributed by atoms with Crippen molar-refractivity contribution >= 4 is 23.3 Å². The second kappa shape index (κ2) is 7.40. The Bertz CT molecular complexity index is 872. The minimum absolute atomic E-state index is 0.230. The van der Waals surface area contributed by atoms with Crippen LogP contribution in [-0.4, -0.2) is 12.6 Å². The average Bonchev–Trinajstić information content (AvgIpc) is 3.16. The van der Waals surface area contributed by atoms with E-state index >= 15 is 0 Å². The highest BCUT2D eigenvalue weighted by Gasteiger charge is 2.38. The highest BCUT2D eigenvalue weighted by molar-refractivity contribution is 6.30. The molecule has 140 valence electrons. The summed E-state index contributed by atoms with van der Waals surface area (Å²) in [6.07, 6.45) is 5.54. The van der Waals surface area contributed by atoms with E-state index in [0.717, 1.165) is 17.1 Å². The normalized spacial score (nSPS) is 22.9. The molecule has 4 heteroatoms. The third-order valence-corrected chi connectivity index (χ3v) is 5.63. The molecular formula is C23H24ClNO2. The van der Waals surface area contributed by atoms with E-state index in [1.807, 2.05) is 44.2 Å². The number of benzene rings is 2. The predicted molar refractivity (Wildman–Crippen MR) is 109 cm³/mol. The molecule has 2 aromatic carbocycles. The van der Waals surface area contributed by atoms with Crippen LogP contribution in [0, 0.1) is 11.8 Å². The van der Waals surface area contributed by atoms with Gasteiger partial charge < -0.3 is 10.1 Å². The quantitative estimate of drug-likeness (QED) is 0.523. The number of carbonyl (C=O) groups excluding carboxylic acids is 1. The van der Waals surface area contributed by atoms with E-state index in [0.29, 0.717) is 29.9 Å². The van der Waals surface area contributed by atoms with Gasteiger partial charge in [-0.05, 0) is 59.7 Å². The Morgan fingerprint density at radius 1 is 1.22 bits per heavy atom. The number of ether oxygens (including phenoxy) is 1. The van der Waals surface area contributed by atoms with Gasteiger partial charge in [0.05, 0.1) is 18.2 Å². The van der Waals surface area contributed by atoms with E-state index in [-0.39, 0.29) is 12.0 Å². The molecule has 0 saturated carbocycles. The largest absolute Gasteiger partial charge is 0.462 e. The van der Waals surface area contributed by atoms with E-state index in [2.05, 4.69) is 29.6 Å². The Kier molecular flexibility index (Phi) is 4.96. The van der Waals surface area contributed by atoms with Crippen LogP contribution in [0.15, 0.2) is 54.6 Å². The van der Waals surface area contributed by atoms with E-state index in [1.165, 1.54) is 11.1 Å². The molecule has 1 heterocycles. The number of anilines is 1. The second-order valence-corrected chi connectivity index (χ2v) is 8.26. The molecule has 3 nitrogen and oxygen atoms in total. The predicted octanol–water partition coefficient (Wildman–Crippen LogP) is 5.98. The fraction of sp³-hybridized carbons (Fsp3) is 0.348. The van der Waals surface area contributed by atoms with Gasteiger partial charge in [-0.1, -0.05) is 49.7 Å². The number of hydrogen-bond donors (Lipinski definition) is 1. The van der Waals surface area contributed by atoms with Gasteiger partial charge in [-0.25, -0.2) is 4.79 Å². The van der Waals surface area contributed by atoms with Crippen LogP contribution in [0.3, 0.4) is 0 Å². The number of halogens is 1. The maximum absolute atomic E-state index is 12.4. The highest BCUT2D eigenvalue weighted by atomic mass is 35.5. The van der Waals surface area contributed by atoms with Gasteiger partial charge >= 0.3 is 5.97 Å². The first-order valence-electron chi connectivity index (χ1n) is 9.52. The van der Waals surface area contributed by atoms with Gasteiger partial charge in [-0.2, -0.15) is 0 Å². The summed E-state index contributed by atoms with van der Waals surface area (Å²) in [5, 5.41) is 4.44. The summed E-state index contributed by atoms with van der Waals surface area (Å²) in [6.45, 7) is 4.52. The Morgan fingerprint density at radius 2 is 2.00 bits per heavy atom. The van der Waals surface area contributed by atoms with Crippen LogP contribution in [0.4, 0.5) is 5.69 Å². The van der Waals surface area contributed by atoms with Crippen molar-refractivity contribution in [3.63, 3.8) is 0 Å². The van der Waals surface area contributed by atoms with Crippen LogP contribution < -0.4 is 5.32 Å². The third kappa shape index (κ3) is 3.61. The third-order valence-electron chi connectivity index (χ3n) is 5.38. The smallest absolute Gasteiger partial charge is 0.338 e. The molecule has 0 radical (unpaired) electrons. The van der Waals surface area contributed by atoms with Gasteiger partial charge in [0.15, 0.2) is 0 Å². The maximum Gasteiger partial charge on any atom is 0.338 e. The average molecular weight is 382 g/mol. The second-order valence-electron chi connectivity index (χ2n) is 7.82. The molecule has 2 aliphatic rings. The lowest BCUT2D eigenvalue weighted by molar-refractivity contribution is 0.0459. The first kappa shape index (κ1) is 18.1. The monoisotopic (exact) mass is 381 g/mol. The van der Waals surface area contributed by atoms with Crippen molar-refractivity contribution in [2.24, 2.45) is 11.8 Å². The van der Waals surface area contributed by atoms with Crippen LogP contribution in [-0.2, 0) is 4.74 Å². The van der Waals surface area contributed by atoms with Gasteiger partial charge in [0.2, 0.25) is 0 Å². The number of allylic oxidation sites excluding steroid dienone is 2. The summed E-state index contributed by atoms with van der Waals surface area (Å²) in [5.41, 5.74) is 4.13. The number of nitrogens with one attached hydrogen (secondary N) is 1. The topological polar surface area (TPSA) is 38.3 Å². The van der Waals surface area contributed by atoms with Crippen molar-refractivity contribution < 1.29 is 9.53 Å². The number of hydrogen-bond acceptors (Lipinski definition) is 3. The Morgan fingerprint density at radius 3 is 2.74 bits per heavy atom. The van der Waals surface area contributed by atoms with Crippen LogP contribution >= 0.6 is 11.6 Å². The van der Waals surface area contributed by atoms with Crippen LogP contribution in [0.25, 0.3) is 0 Å². The fourth-order valence-corrected chi connectivity index (χ4v) is 4.17. The maximum atomic E-state index is 12.4. The zero-order chi connectivity index (χ0) is 19.0. The van der Waals surface area contributed by atoms with Crippen LogP contribution in [0.2, 0.25) is 5.02 Å². The van der Waals surface area contributed by atoms with Crippen LogP contribution in [0.5, 0.6) is 0 Å². The number of fused-ring (bicyclic) bond motifs is 3. The summed E-state index contributed by atoms with van der Waals surface area (Å²) in [4.78, 5) is 12.4. The summed E-state index contributed by atoms with van der Waals surface area (Å²) in [7, 11) is 0. The van der Waals surface area contributed by atoms with Crippen molar-refractivity contribution in [2.75, 3.05) is 11.9 Å². The van der Waals surface area contributed by atoms with E-state index in [9.17, 15) is 4.79 Å². The summed E-state index contributed by atoms with van der Waals surface area (Å²) in [5.74, 6) is 0.820. The van der Waals surface area contributed by atoms with Gasteiger partial charge in [0.25, 0.3) is 0 Å². The molecule has 0 aromatic heterocycles. The first-order valence-corrected chi connectivity index (χ1v) is 9.90. The number of esters is 1. The number of carbonyl (C=O) groups is 1. The van der Waals surface area contributed by atoms with E-state index in [1.54, 1.807) is 0 Å². The molecule has 0 amide bonds. The standard InChI is InChI=1S/C23H24ClNO2/c1-14(2)13-27-23(26)16-8-11-21-20(12-16)18-4-3-5-19(18)22(25-21)15-6-9-17(24)10-7-15/h3-4,6-12,14,18-19,22,25H,5,13H2,1-2H3/t18-,19+,22-/m0/s1. The molecule has 1 aliphatic carbocycles. The first-order chi connectivity index (χ1) is 13.0. The van der Waals surface area contributed by atoms with Gasteiger partial charge in [-0.15, -0.1) is 0 Å². The van der Waals surface area contributed by atoms with E-state index < -0.39 is 0 Å². The SMILES string of the molecule is CC(C)COC(=O)c1ccc2c(c1)[C@H]1C=CC[C@H]1[C@H](c1ccc(Cl)cc1)N2. The molecule has 3 atom stereocenters. The molecule has 1 aliphatic heterocycles. The Labute approximate surface area is 165 Å². The van der Waals surface area contributed by atoms with Gasteiger partial charge in [0, 0.05) is 16.6 Å². The minimum atomic E-state index is -0.246. The van der Waals surface area contributed by atoms with Crippen molar-refractivity contribution in [3.8, 4) is 0 Å². The molecule has 0 saturated heterocycles.